The van der Waals surface area contributed by atoms with Crippen LogP contribution in [0, 0.1) is 5.92 Å². The number of sulfonamides is 1. The van der Waals surface area contributed by atoms with Crippen molar-refractivity contribution in [3.63, 3.8) is 0 Å². The van der Waals surface area contributed by atoms with Crippen LogP contribution < -0.4 is 5.73 Å². The Morgan fingerprint density at radius 3 is 2.47 bits per heavy atom. The molecule has 1 heterocycles. The Morgan fingerprint density at radius 1 is 1.33 bits per heavy atom. The van der Waals surface area contributed by atoms with Crippen molar-refractivity contribution in [1.29, 1.82) is 0 Å². The number of nitrogens with two attached hydrogens (primary N) is 1. The minimum absolute atomic E-state index is 0.00435. The van der Waals surface area contributed by atoms with Crippen LogP contribution in [-0.4, -0.2) is 37.6 Å². The van der Waals surface area contributed by atoms with Crippen molar-refractivity contribution in [2.45, 2.75) is 39.2 Å². The Kier molecular flexibility index (Phi) is 4.55. The van der Waals surface area contributed by atoms with Crippen LogP contribution in [0.4, 0.5) is 0 Å². The molecule has 1 atom stereocenters. The van der Waals surface area contributed by atoms with Crippen molar-refractivity contribution in [3.05, 3.63) is 0 Å². The van der Waals surface area contributed by atoms with E-state index in [0.717, 1.165) is 19.3 Å². The quantitative estimate of drug-likeness (QED) is 0.782. The lowest BCUT2D eigenvalue weighted by Crippen LogP contribution is -2.48. The Morgan fingerprint density at radius 2 is 2.00 bits per heavy atom. The van der Waals surface area contributed by atoms with Crippen molar-refractivity contribution in [2.24, 2.45) is 11.7 Å². The predicted octanol–water partition coefficient (Wildman–Crippen LogP) is 0.785. The van der Waals surface area contributed by atoms with Crippen LogP contribution in [0.15, 0.2) is 0 Å². The van der Waals surface area contributed by atoms with E-state index in [1.165, 1.54) is 0 Å². The van der Waals surface area contributed by atoms with Crippen LogP contribution in [0.25, 0.3) is 0 Å². The first-order valence-electron chi connectivity index (χ1n) is 5.67. The van der Waals surface area contributed by atoms with Gasteiger partial charge in [-0.2, -0.15) is 4.31 Å². The minimum Gasteiger partial charge on any atom is -0.329 e. The third-order valence-electron chi connectivity index (χ3n) is 2.81. The zero-order chi connectivity index (χ0) is 11.5. The molecule has 0 aromatic rings. The lowest BCUT2D eigenvalue weighted by molar-refractivity contribution is 0.271. The molecule has 90 valence electrons. The van der Waals surface area contributed by atoms with Gasteiger partial charge in [0.1, 0.15) is 0 Å². The highest BCUT2D eigenvalue weighted by molar-refractivity contribution is 7.89. The van der Waals surface area contributed by atoms with Gasteiger partial charge in [0.05, 0.1) is 5.75 Å². The maximum absolute atomic E-state index is 11.8. The largest absolute Gasteiger partial charge is 0.329 e. The van der Waals surface area contributed by atoms with Crippen molar-refractivity contribution < 1.29 is 8.42 Å². The third-order valence-corrected chi connectivity index (χ3v) is 4.81. The lowest BCUT2D eigenvalue weighted by Gasteiger charge is -2.33. The molecule has 5 heteroatoms. The minimum atomic E-state index is -3.03. The lowest BCUT2D eigenvalue weighted by atomic mass is 10.0. The Bertz CT molecular complexity index is 288. The molecule has 0 radical (unpaired) electrons. The van der Waals surface area contributed by atoms with Crippen molar-refractivity contribution in [2.75, 3.05) is 18.8 Å². The molecule has 1 unspecified atom stereocenters. The summed E-state index contributed by atoms with van der Waals surface area (Å²) in [5, 5.41) is 0. The summed E-state index contributed by atoms with van der Waals surface area (Å²) >= 11 is 0. The topological polar surface area (TPSA) is 63.4 Å². The predicted molar refractivity (Wildman–Crippen MR) is 62.0 cm³/mol. The first kappa shape index (κ1) is 12.9. The Hall–Kier alpha value is -0.130. The van der Waals surface area contributed by atoms with Crippen LogP contribution in [0.2, 0.25) is 0 Å². The zero-order valence-corrected chi connectivity index (χ0v) is 10.5. The fourth-order valence-electron chi connectivity index (χ4n) is 2.09. The fraction of sp³-hybridized carbons (Fsp3) is 1.00. The van der Waals surface area contributed by atoms with Gasteiger partial charge in [0.25, 0.3) is 0 Å². The Labute approximate surface area is 92.9 Å². The van der Waals surface area contributed by atoms with E-state index >= 15 is 0 Å². The molecule has 0 spiro atoms. The smallest absolute Gasteiger partial charge is 0.214 e. The second kappa shape index (κ2) is 5.27. The highest BCUT2D eigenvalue weighted by atomic mass is 32.2. The van der Waals surface area contributed by atoms with Gasteiger partial charge < -0.3 is 5.73 Å². The molecule has 15 heavy (non-hydrogen) atoms. The van der Waals surface area contributed by atoms with Crippen LogP contribution in [0.3, 0.4) is 0 Å². The molecule has 1 fully saturated rings. The molecule has 0 bridgehead atoms. The summed E-state index contributed by atoms with van der Waals surface area (Å²) < 4.78 is 25.3. The fourth-order valence-corrected chi connectivity index (χ4v) is 3.93. The maximum Gasteiger partial charge on any atom is 0.214 e. The van der Waals surface area contributed by atoms with E-state index in [9.17, 15) is 8.42 Å². The Balaban J connectivity index is 2.73. The molecule has 2 N–H and O–H groups in total. The van der Waals surface area contributed by atoms with Gasteiger partial charge in [0.2, 0.25) is 10.0 Å². The maximum atomic E-state index is 11.8. The average molecular weight is 234 g/mol. The first-order chi connectivity index (χ1) is 6.97. The first-order valence-corrected chi connectivity index (χ1v) is 7.28. The molecular formula is C10H22N2O2S. The highest BCUT2D eigenvalue weighted by Crippen LogP contribution is 2.20. The van der Waals surface area contributed by atoms with Gasteiger partial charge in [-0.15, -0.1) is 0 Å². The van der Waals surface area contributed by atoms with Gasteiger partial charge >= 0.3 is 0 Å². The van der Waals surface area contributed by atoms with Gasteiger partial charge in [-0.1, -0.05) is 13.8 Å². The molecule has 0 aliphatic carbocycles. The van der Waals surface area contributed by atoms with Crippen LogP contribution in [0.1, 0.15) is 33.1 Å². The number of nitrogens with zero attached hydrogens (tertiary/aromatic N) is 1. The van der Waals surface area contributed by atoms with E-state index in [1.54, 1.807) is 4.31 Å². The molecule has 0 saturated carbocycles. The number of hydrogen-bond acceptors (Lipinski definition) is 3. The molecule has 1 rings (SSSR count). The summed E-state index contributed by atoms with van der Waals surface area (Å²) in [6.45, 7) is 5.27. The van der Waals surface area contributed by atoms with Crippen LogP contribution in [-0.2, 0) is 10.0 Å². The normalized spacial score (nSPS) is 24.3. The molecule has 0 aromatic carbocycles. The second-order valence-electron chi connectivity index (χ2n) is 4.65. The van der Waals surface area contributed by atoms with Crippen LogP contribution >= 0.6 is 0 Å². The molecule has 1 saturated heterocycles. The average Bonchev–Trinajstić information content (AvgIpc) is 2.14. The standard InChI is InChI=1S/C10H22N2O2S/c1-9(2)7-10(8-11)12-5-3-4-6-15(12,13)14/h9-10H,3-8,11H2,1-2H3. The van der Waals surface area contributed by atoms with Crippen molar-refractivity contribution in [3.8, 4) is 0 Å². The van der Waals surface area contributed by atoms with E-state index in [0.29, 0.717) is 24.8 Å². The van der Waals surface area contributed by atoms with Gasteiger partial charge in [-0.05, 0) is 25.2 Å². The summed E-state index contributed by atoms with van der Waals surface area (Å²) in [7, 11) is -3.03. The highest BCUT2D eigenvalue weighted by Gasteiger charge is 2.31. The number of rotatable bonds is 4. The van der Waals surface area contributed by atoms with E-state index in [4.69, 9.17) is 5.73 Å². The van der Waals surface area contributed by atoms with Gasteiger partial charge in [-0.25, -0.2) is 8.42 Å². The summed E-state index contributed by atoms with van der Waals surface area (Å²) in [5.41, 5.74) is 5.67. The van der Waals surface area contributed by atoms with E-state index in [1.807, 2.05) is 0 Å². The molecule has 4 nitrogen and oxygen atoms in total. The van der Waals surface area contributed by atoms with E-state index in [-0.39, 0.29) is 6.04 Å². The summed E-state index contributed by atoms with van der Waals surface area (Å²) in [6, 6.07) is -0.00435. The van der Waals surface area contributed by atoms with Crippen LogP contribution in [0.5, 0.6) is 0 Å². The van der Waals surface area contributed by atoms with Crippen molar-refractivity contribution >= 4 is 10.0 Å². The molecule has 0 amide bonds. The van der Waals surface area contributed by atoms with Gasteiger partial charge in [0, 0.05) is 19.1 Å². The summed E-state index contributed by atoms with van der Waals surface area (Å²) in [4.78, 5) is 0. The van der Waals surface area contributed by atoms with Gasteiger partial charge in [0.15, 0.2) is 0 Å². The summed E-state index contributed by atoms with van der Waals surface area (Å²) in [6.07, 6.45) is 2.61. The zero-order valence-electron chi connectivity index (χ0n) is 9.65. The third kappa shape index (κ3) is 3.43. The van der Waals surface area contributed by atoms with Gasteiger partial charge in [-0.3, -0.25) is 0 Å². The van der Waals surface area contributed by atoms with Crippen molar-refractivity contribution in [1.82, 2.24) is 4.31 Å². The van der Waals surface area contributed by atoms with E-state index in [2.05, 4.69) is 13.8 Å². The molecule has 1 aliphatic rings. The van der Waals surface area contributed by atoms with E-state index < -0.39 is 10.0 Å². The monoisotopic (exact) mass is 234 g/mol. The molecular weight excluding hydrogens is 212 g/mol. The second-order valence-corrected chi connectivity index (χ2v) is 6.69. The SMILES string of the molecule is CC(C)CC(CN)N1CCCCS1(=O)=O. The summed E-state index contributed by atoms with van der Waals surface area (Å²) in [5.74, 6) is 0.775. The molecule has 1 aliphatic heterocycles. The molecule has 0 aromatic heterocycles. The number of hydrogen-bond donors (Lipinski definition) is 1.